The zero-order valence-corrected chi connectivity index (χ0v) is 7.75. The molecule has 0 aliphatic heterocycles. The van der Waals surface area contributed by atoms with Gasteiger partial charge in [0, 0.05) is 0 Å². The van der Waals surface area contributed by atoms with Gasteiger partial charge in [-0.1, -0.05) is 19.1 Å². The lowest BCUT2D eigenvalue weighted by molar-refractivity contribution is -0.176. The van der Waals surface area contributed by atoms with E-state index in [1.165, 1.54) is 6.08 Å². The van der Waals surface area contributed by atoms with E-state index in [0.717, 1.165) is 19.3 Å². The minimum Gasteiger partial charge on any atom is -0.459 e. The Balaban J connectivity index is 2.46. The summed E-state index contributed by atoms with van der Waals surface area (Å²) in [5, 5.41) is 11.8. The quantitative estimate of drug-likeness (QED) is 0.495. The third-order valence-electron chi connectivity index (χ3n) is 2.37. The predicted octanol–water partition coefficient (Wildman–Crippen LogP) is 1.85. The van der Waals surface area contributed by atoms with Gasteiger partial charge in [0.2, 0.25) is 0 Å². The fourth-order valence-electron chi connectivity index (χ4n) is 1.59. The van der Waals surface area contributed by atoms with Crippen LogP contribution in [0.2, 0.25) is 0 Å². The summed E-state index contributed by atoms with van der Waals surface area (Å²) in [5.74, 6) is -0.605. The van der Waals surface area contributed by atoms with Gasteiger partial charge in [0.25, 0.3) is 0 Å². The Morgan fingerprint density at radius 3 is 2.54 bits per heavy atom. The number of ether oxygens (including phenoxy) is 1. The molecule has 1 saturated carbocycles. The van der Waals surface area contributed by atoms with Crippen molar-refractivity contribution in [3.8, 4) is 0 Å². The molecular weight excluding hydrogens is 168 g/mol. The number of hydrogen-bond donors (Lipinski definition) is 0. The molecule has 0 atom stereocenters. The summed E-state index contributed by atoms with van der Waals surface area (Å²) in [6, 6.07) is 0. The number of rotatable bonds is 3. The molecule has 0 amide bonds. The van der Waals surface area contributed by atoms with E-state index in [9.17, 15) is 9.90 Å². The summed E-state index contributed by atoms with van der Waals surface area (Å²) < 4.78 is 4.76. The van der Waals surface area contributed by atoms with Crippen LogP contribution in [-0.2, 0) is 14.6 Å². The first-order chi connectivity index (χ1) is 6.19. The molecule has 0 aromatic carbocycles. The molecule has 3 heteroatoms. The normalized spacial score (nSPS) is 20.7. The van der Waals surface area contributed by atoms with Gasteiger partial charge in [-0.2, -0.15) is 0 Å². The van der Waals surface area contributed by atoms with Crippen LogP contribution in [-0.4, -0.2) is 18.2 Å². The Morgan fingerprint density at radius 2 is 2.00 bits per heavy atom. The molecule has 1 aliphatic rings. The Kier molecular flexibility index (Phi) is 3.48. The molecule has 73 valence electrons. The van der Waals surface area contributed by atoms with E-state index < -0.39 is 11.6 Å². The minimum atomic E-state index is -1.47. The van der Waals surface area contributed by atoms with Gasteiger partial charge in [-0.15, -0.1) is 0 Å². The van der Waals surface area contributed by atoms with Gasteiger partial charge in [-0.05, 0) is 25.7 Å². The SMILES string of the molecule is C=CCOC(=O)C1([O])CCCCC1. The first-order valence-corrected chi connectivity index (χ1v) is 4.67. The summed E-state index contributed by atoms with van der Waals surface area (Å²) in [5.41, 5.74) is -1.47. The van der Waals surface area contributed by atoms with Crippen LogP contribution < -0.4 is 0 Å². The highest BCUT2D eigenvalue weighted by atomic mass is 16.5. The third-order valence-corrected chi connectivity index (χ3v) is 2.37. The average Bonchev–Trinajstić information content (AvgIpc) is 2.15. The van der Waals surface area contributed by atoms with Gasteiger partial charge in [0.1, 0.15) is 6.61 Å². The molecular formula is C10H15O3. The van der Waals surface area contributed by atoms with Crippen LogP contribution in [0.1, 0.15) is 32.1 Å². The van der Waals surface area contributed by atoms with Crippen molar-refractivity contribution in [3.63, 3.8) is 0 Å². The second-order valence-electron chi connectivity index (χ2n) is 3.44. The number of esters is 1. The van der Waals surface area contributed by atoms with Crippen molar-refractivity contribution in [2.24, 2.45) is 0 Å². The van der Waals surface area contributed by atoms with Gasteiger partial charge >= 0.3 is 5.97 Å². The van der Waals surface area contributed by atoms with Crippen molar-refractivity contribution < 1.29 is 14.6 Å². The Morgan fingerprint density at radius 1 is 1.38 bits per heavy atom. The molecule has 0 saturated heterocycles. The van der Waals surface area contributed by atoms with E-state index in [4.69, 9.17) is 4.74 Å². The summed E-state index contributed by atoms with van der Waals surface area (Å²) in [6.07, 6.45) is 5.05. The maximum atomic E-state index is 11.8. The van der Waals surface area contributed by atoms with Gasteiger partial charge in [-0.25, -0.2) is 9.90 Å². The van der Waals surface area contributed by atoms with Crippen molar-refractivity contribution >= 4 is 5.97 Å². The molecule has 3 nitrogen and oxygen atoms in total. The van der Waals surface area contributed by atoms with Crippen LogP contribution in [0.3, 0.4) is 0 Å². The Labute approximate surface area is 78.4 Å². The van der Waals surface area contributed by atoms with Gasteiger partial charge in [0.05, 0.1) is 0 Å². The highest BCUT2D eigenvalue weighted by Crippen LogP contribution is 2.29. The second-order valence-corrected chi connectivity index (χ2v) is 3.44. The molecule has 1 radical (unpaired) electrons. The maximum Gasteiger partial charge on any atom is 0.342 e. The van der Waals surface area contributed by atoms with E-state index in [-0.39, 0.29) is 6.61 Å². The lowest BCUT2D eigenvalue weighted by atomic mass is 9.85. The molecule has 0 bridgehead atoms. The van der Waals surface area contributed by atoms with E-state index in [1.807, 2.05) is 0 Å². The first kappa shape index (κ1) is 10.3. The number of carbonyl (C=O) groups excluding carboxylic acids is 1. The maximum absolute atomic E-state index is 11.8. The van der Waals surface area contributed by atoms with Crippen molar-refractivity contribution in [2.45, 2.75) is 37.7 Å². The topological polar surface area (TPSA) is 46.2 Å². The summed E-state index contributed by atoms with van der Waals surface area (Å²) in [7, 11) is 0. The van der Waals surface area contributed by atoms with Crippen molar-refractivity contribution in [3.05, 3.63) is 12.7 Å². The lowest BCUT2D eigenvalue weighted by Crippen LogP contribution is -2.40. The minimum absolute atomic E-state index is 0.142. The van der Waals surface area contributed by atoms with Crippen LogP contribution in [0.15, 0.2) is 12.7 Å². The molecule has 13 heavy (non-hydrogen) atoms. The smallest absolute Gasteiger partial charge is 0.342 e. The molecule has 0 spiro atoms. The van der Waals surface area contributed by atoms with Crippen LogP contribution in [0.25, 0.3) is 0 Å². The summed E-state index contributed by atoms with van der Waals surface area (Å²) in [4.78, 5) is 11.3. The average molecular weight is 183 g/mol. The molecule has 0 heterocycles. The first-order valence-electron chi connectivity index (χ1n) is 4.67. The van der Waals surface area contributed by atoms with Gasteiger partial charge in [-0.3, -0.25) is 0 Å². The molecule has 0 N–H and O–H groups in total. The predicted molar refractivity (Wildman–Crippen MR) is 47.7 cm³/mol. The van der Waals surface area contributed by atoms with E-state index in [2.05, 4.69) is 6.58 Å². The standard InChI is InChI=1S/C10H15O3/c1-2-8-13-9(11)10(12)6-4-3-5-7-10/h2H,1,3-8H2. The second kappa shape index (κ2) is 4.42. The van der Waals surface area contributed by atoms with Crippen LogP contribution in [0, 0.1) is 0 Å². The highest BCUT2D eigenvalue weighted by molar-refractivity contribution is 5.79. The fraction of sp³-hybridized carbons (Fsp3) is 0.700. The number of hydrogen-bond acceptors (Lipinski definition) is 2. The Hall–Kier alpha value is -0.830. The lowest BCUT2D eigenvalue weighted by Gasteiger charge is -2.26. The van der Waals surface area contributed by atoms with Crippen molar-refractivity contribution in [1.29, 1.82) is 0 Å². The van der Waals surface area contributed by atoms with E-state index in [1.54, 1.807) is 0 Å². The highest BCUT2D eigenvalue weighted by Gasteiger charge is 2.40. The van der Waals surface area contributed by atoms with Crippen LogP contribution in [0.4, 0.5) is 0 Å². The summed E-state index contributed by atoms with van der Waals surface area (Å²) in [6.45, 7) is 3.56. The van der Waals surface area contributed by atoms with Crippen molar-refractivity contribution in [2.75, 3.05) is 6.61 Å². The van der Waals surface area contributed by atoms with Gasteiger partial charge < -0.3 is 4.74 Å². The Bertz CT molecular complexity index is 192. The third kappa shape index (κ3) is 2.56. The fourth-order valence-corrected chi connectivity index (χ4v) is 1.59. The zero-order chi connectivity index (χ0) is 9.73. The van der Waals surface area contributed by atoms with Crippen molar-refractivity contribution in [1.82, 2.24) is 0 Å². The van der Waals surface area contributed by atoms with Gasteiger partial charge in [0.15, 0.2) is 5.60 Å². The molecule has 0 aromatic rings. The van der Waals surface area contributed by atoms with E-state index >= 15 is 0 Å². The number of carbonyl (C=O) groups is 1. The molecule has 1 rings (SSSR count). The largest absolute Gasteiger partial charge is 0.459 e. The molecule has 0 unspecified atom stereocenters. The molecule has 1 aliphatic carbocycles. The monoisotopic (exact) mass is 183 g/mol. The van der Waals surface area contributed by atoms with Crippen LogP contribution in [0.5, 0.6) is 0 Å². The van der Waals surface area contributed by atoms with Crippen LogP contribution >= 0.6 is 0 Å². The zero-order valence-electron chi connectivity index (χ0n) is 7.75. The summed E-state index contributed by atoms with van der Waals surface area (Å²) >= 11 is 0. The molecule has 0 aromatic heterocycles. The van der Waals surface area contributed by atoms with E-state index in [0.29, 0.717) is 12.8 Å². The molecule has 1 fully saturated rings.